The van der Waals surface area contributed by atoms with Crippen molar-refractivity contribution in [1.29, 1.82) is 0 Å². The molecule has 0 saturated carbocycles. The maximum absolute atomic E-state index is 13.6. The minimum Gasteiger partial charge on any atom is -0.489 e. The van der Waals surface area contributed by atoms with Crippen molar-refractivity contribution >= 4 is 17.5 Å². The van der Waals surface area contributed by atoms with Gasteiger partial charge in [0.05, 0.1) is 12.2 Å². The van der Waals surface area contributed by atoms with Crippen molar-refractivity contribution in [3.63, 3.8) is 0 Å². The molecule has 0 unspecified atom stereocenters. The highest BCUT2D eigenvalue weighted by Crippen LogP contribution is 2.16. The third-order valence-electron chi connectivity index (χ3n) is 3.17. The molecule has 2 amide bonds. The zero-order valence-electron chi connectivity index (χ0n) is 13.5. The summed E-state index contributed by atoms with van der Waals surface area (Å²) in [5.41, 5.74) is 0.232. The summed E-state index contributed by atoms with van der Waals surface area (Å²) in [4.78, 5) is 23.2. The maximum Gasteiger partial charge on any atom is 0.251 e. The zero-order valence-corrected chi connectivity index (χ0v) is 13.5. The Morgan fingerprint density at radius 3 is 2.54 bits per heavy atom. The first kappa shape index (κ1) is 17.5. The summed E-state index contributed by atoms with van der Waals surface area (Å²) in [6.45, 7) is 3.40. The largest absolute Gasteiger partial charge is 0.489 e. The Labute approximate surface area is 139 Å². The van der Waals surface area contributed by atoms with Crippen LogP contribution in [0.5, 0.6) is 5.75 Å². The average Bonchev–Trinajstić information content (AvgIpc) is 2.55. The van der Waals surface area contributed by atoms with Gasteiger partial charge in [0.25, 0.3) is 5.91 Å². The molecule has 0 fully saturated rings. The summed E-state index contributed by atoms with van der Waals surface area (Å²) in [7, 11) is 0. The number of nitrogens with one attached hydrogen (secondary N) is 2. The molecule has 6 heteroatoms. The molecule has 2 aromatic rings. The number of hydrogen-bond donors (Lipinski definition) is 2. The Hall–Kier alpha value is -2.89. The number of benzene rings is 2. The van der Waals surface area contributed by atoms with Crippen LogP contribution in [0.15, 0.2) is 48.5 Å². The lowest BCUT2D eigenvalue weighted by Crippen LogP contribution is -2.33. The van der Waals surface area contributed by atoms with Crippen molar-refractivity contribution in [3.8, 4) is 5.75 Å². The normalized spacial score (nSPS) is 11.5. The standard InChI is InChI=1S/C18H19FN2O3/c1-12(24-15-6-4-3-5-7-15)11-20-18(23)14-8-9-16(19)17(10-14)21-13(2)22/h3-10,12H,11H2,1-2H3,(H,20,23)(H,21,22)/t12-/m1/s1. The molecule has 1 atom stereocenters. The lowest BCUT2D eigenvalue weighted by Gasteiger charge is -2.15. The van der Waals surface area contributed by atoms with Crippen molar-refractivity contribution in [2.24, 2.45) is 0 Å². The SMILES string of the molecule is CC(=O)Nc1cc(C(=O)NC[C@@H](C)Oc2ccccc2)ccc1F. The van der Waals surface area contributed by atoms with Crippen LogP contribution in [-0.2, 0) is 4.79 Å². The molecule has 0 aliphatic heterocycles. The van der Waals surface area contributed by atoms with Crippen LogP contribution in [0.4, 0.5) is 10.1 Å². The van der Waals surface area contributed by atoms with E-state index in [0.717, 1.165) is 6.07 Å². The van der Waals surface area contributed by atoms with Gasteiger partial charge in [-0.25, -0.2) is 4.39 Å². The van der Waals surface area contributed by atoms with Crippen LogP contribution in [0.3, 0.4) is 0 Å². The number of para-hydroxylation sites is 1. The first-order valence-electron chi connectivity index (χ1n) is 7.52. The van der Waals surface area contributed by atoms with E-state index in [1.807, 2.05) is 37.3 Å². The second kappa shape index (κ2) is 8.10. The topological polar surface area (TPSA) is 67.4 Å². The number of hydrogen-bond acceptors (Lipinski definition) is 3. The summed E-state index contributed by atoms with van der Waals surface area (Å²) in [5.74, 6) is -0.655. The maximum atomic E-state index is 13.6. The number of halogens is 1. The molecule has 24 heavy (non-hydrogen) atoms. The van der Waals surface area contributed by atoms with E-state index in [-0.39, 0.29) is 23.3 Å². The third-order valence-corrected chi connectivity index (χ3v) is 3.17. The monoisotopic (exact) mass is 330 g/mol. The summed E-state index contributed by atoms with van der Waals surface area (Å²) in [6.07, 6.45) is -0.230. The summed E-state index contributed by atoms with van der Waals surface area (Å²) < 4.78 is 19.2. The molecule has 126 valence electrons. The van der Waals surface area contributed by atoms with Crippen LogP contribution in [0.1, 0.15) is 24.2 Å². The summed E-state index contributed by atoms with van der Waals surface area (Å²) in [5, 5.41) is 5.07. The minimum atomic E-state index is -0.595. The fourth-order valence-corrected chi connectivity index (χ4v) is 2.06. The molecule has 0 bridgehead atoms. The van der Waals surface area contributed by atoms with Crippen LogP contribution < -0.4 is 15.4 Å². The molecule has 0 spiro atoms. The molecule has 2 N–H and O–H groups in total. The van der Waals surface area contributed by atoms with Gasteiger partial charge in [-0.2, -0.15) is 0 Å². The predicted octanol–water partition coefficient (Wildman–Crippen LogP) is 2.98. The Kier molecular flexibility index (Phi) is 5.89. The minimum absolute atomic E-state index is 0.0243. The average molecular weight is 330 g/mol. The molecule has 0 aliphatic rings. The molecule has 0 radical (unpaired) electrons. The van der Waals surface area contributed by atoms with E-state index in [1.165, 1.54) is 19.1 Å². The van der Waals surface area contributed by atoms with E-state index in [9.17, 15) is 14.0 Å². The Bertz CT molecular complexity index is 719. The number of anilines is 1. The molecular weight excluding hydrogens is 311 g/mol. The first-order valence-corrected chi connectivity index (χ1v) is 7.52. The van der Waals surface area contributed by atoms with Crippen molar-refractivity contribution in [2.75, 3.05) is 11.9 Å². The number of ether oxygens (including phenoxy) is 1. The van der Waals surface area contributed by atoms with Gasteiger partial charge in [0.15, 0.2) is 0 Å². The molecule has 2 rings (SSSR count). The van der Waals surface area contributed by atoms with Gasteiger partial charge in [-0.1, -0.05) is 18.2 Å². The quantitative estimate of drug-likeness (QED) is 0.856. The van der Waals surface area contributed by atoms with E-state index < -0.39 is 11.7 Å². The van der Waals surface area contributed by atoms with E-state index in [2.05, 4.69) is 10.6 Å². The summed E-state index contributed by atoms with van der Waals surface area (Å²) in [6, 6.07) is 13.1. The molecule has 2 aromatic carbocycles. The van der Waals surface area contributed by atoms with Crippen LogP contribution in [0.2, 0.25) is 0 Å². The number of carbonyl (C=O) groups is 2. The van der Waals surface area contributed by atoms with Gasteiger partial charge in [-0.15, -0.1) is 0 Å². The molecular formula is C18H19FN2O3. The summed E-state index contributed by atoms with van der Waals surface area (Å²) >= 11 is 0. The van der Waals surface area contributed by atoms with Gasteiger partial charge >= 0.3 is 0 Å². The van der Waals surface area contributed by atoms with Gasteiger partial charge in [-0.05, 0) is 37.3 Å². The molecule has 0 saturated heterocycles. The van der Waals surface area contributed by atoms with Crippen molar-refractivity contribution in [1.82, 2.24) is 5.32 Å². The number of rotatable bonds is 6. The highest BCUT2D eigenvalue weighted by Gasteiger charge is 2.12. The van der Waals surface area contributed by atoms with Crippen LogP contribution >= 0.6 is 0 Å². The van der Waals surface area contributed by atoms with Gasteiger partial charge in [0, 0.05) is 12.5 Å². The number of carbonyl (C=O) groups excluding carboxylic acids is 2. The predicted molar refractivity (Wildman–Crippen MR) is 89.6 cm³/mol. The van der Waals surface area contributed by atoms with Crippen molar-refractivity contribution in [3.05, 3.63) is 59.9 Å². The van der Waals surface area contributed by atoms with Crippen LogP contribution in [0.25, 0.3) is 0 Å². The smallest absolute Gasteiger partial charge is 0.251 e. The second-order valence-corrected chi connectivity index (χ2v) is 5.33. The van der Waals surface area contributed by atoms with E-state index in [0.29, 0.717) is 12.3 Å². The van der Waals surface area contributed by atoms with Crippen molar-refractivity contribution in [2.45, 2.75) is 20.0 Å². The third kappa shape index (κ3) is 5.08. The lowest BCUT2D eigenvalue weighted by molar-refractivity contribution is -0.114. The second-order valence-electron chi connectivity index (χ2n) is 5.33. The van der Waals surface area contributed by atoms with E-state index >= 15 is 0 Å². The van der Waals surface area contributed by atoms with Gasteiger partial charge in [-0.3, -0.25) is 9.59 Å². The van der Waals surface area contributed by atoms with Gasteiger partial charge < -0.3 is 15.4 Å². The number of amides is 2. The van der Waals surface area contributed by atoms with Gasteiger partial charge in [0.1, 0.15) is 17.7 Å². The Morgan fingerprint density at radius 1 is 1.17 bits per heavy atom. The fourth-order valence-electron chi connectivity index (χ4n) is 2.06. The van der Waals surface area contributed by atoms with Crippen molar-refractivity contribution < 1.29 is 18.7 Å². The highest BCUT2D eigenvalue weighted by atomic mass is 19.1. The first-order chi connectivity index (χ1) is 11.5. The lowest BCUT2D eigenvalue weighted by atomic mass is 10.1. The van der Waals surface area contributed by atoms with Crippen LogP contribution in [-0.4, -0.2) is 24.5 Å². The van der Waals surface area contributed by atoms with E-state index in [1.54, 1.807) is 0 Å². The Morgan fingerprint density at radius 2 is 1.88 bits per heavy atom. The molecule has 5 nitrogen and oxygen atoms in total. The van der Waals surface area contributed by atoms with E-state index in [4.69, 9.17) is 4.74 Å². The van der Waals surface area contributed by atoms with Crippen LogP contribution in [0, 0.1) is 5.82 Å². The zero-order chi connectivity index (χ0) is 17.5. The highest BCUT2D eigenvalue weighted by molar-refractivity contribution is 5.96. The fraction of sp³-hybridized carbons (Fsp3) is 0.222. The molecule has 0 heterocycles. The molecule has 0 aromatic heterocycles. The Balaban J connectivity index is 1.93. The molecule has 0 aliphatic carbocycles. The van der Waals surface area contributed by atoms with Gasteiger partial charge in [0.2, 0.25) is 5.91 Å².